The zero-order valence-corrected chi connectivity index (χ0v) is 14.4. The molecule has 0 aliphatic heterocycles. The van der Waals surface area contributed by atoms with Crippen LogP contribution in [0.3, 0.4) is 0 Å². The second kappa shape index (κ2) is 5.94. The maximum atomic E-state index is 12.6. The van der Waals surface area contributed by atoms with Gasteiger partial charge in [0.2, 0.25) is 5.82 Å². The zero-order valence-electron chi connectivity index (χ0n) is 14.4. The number of carbonyl (C=O) groups is 1. The van der Waals surface area contributed by atoms with Crippen molar-refractivity contribution in [2.24, 2.45) is 0 Å². The van der Waals surface area contributed by atoms with E-state index in [9.17, 15) is 4.79 Å². The molecule has 0 radical (unpaired) electrons. The van der Waals surface area contributed by atoms with E-state index in [2.05, 4.69) is 35.9 Å². The average molecular weight is 361 g/mol. The molecule has 1 aliphatic rings. The summed E-state index contributed by atoms with van der Waals surface area (Å²) in [5.74, 6) is 0.737. The monoisotopic (exact) mass is 361 g/mol. The topological polar surface area (TPSA) is 116 Å². The summed E-state index contributed by atoms with van der Waals surface area (Å²) in [6.45, 7) is 1.87. The molecule has 1 aromatic carbocycles. The van der Waals surface area contributed by atoms with E-state index in [0.717, 1.165) is 24.1 Å². The number of anilines is 1. The van der Waals surface area contributed by atoms with Gasteiger partial charge in [0.15, 0.2) is 5.82 Å². The number of rotatable bonds is 4. The van der Waals surface area contributed by atoms with Gasteiger partial charge in [-0.25, -0.2) is 14.2 Å². The number of hydrogen-bond donors (Lipinski definition) is 1. The molecule has 1 saturated carbocycles. The van der Waals surface area contributed by atoms with Gasteiger partial charge in [-0.1, -0.05) is 12.1 Å². The number of aryl methyl sites for hydroxylation is 1. The molecule has 0 atom stereocenters. The maximum Gasteiger partial charge on any atom is 0.295 e. The van der Waals surface area contributed by atoms with Gasteiger partial charge in [-0.2, -0.15) is 4.98 Å². The Morgan fingerprint density at radius 1 is 1.26 bits per heavy atom. The molecule has 0 bridgehead atoms. The van der Waals surface area contributed by atoms with Crippen LogP contribution in [0.25, 0.3) is 17.2 Å². The summed E-state index contributed by atoms with van der Waals surface area (Å²) in [5.41, 5.74) is 2.30. The third-order valence-electron chi connectivity index (χ3n) is 4.40. The number of aromatic nitrogens is 8. The molecule has 0 unspecified atom stereocenters. The van der Waals surface area contributed by atoms with E-state index in [-0.39, 0.29) is 5.82 Å². The summed E-state index contributed by atoms with van der Waals surface area (Å²) in [7, 11) is 0. The lowest BCUT2D eigenvalue weighted by atomic mass is 10.2. The molecule has 1 amide bonds. The largest absolute Gasteiger partial charge is 0.319 e. The normalized spacial score (nSPS) is 13.8. The number of nitrogens with zero attached hydrogens (tertiary/aromatic N) is 8. The molecule has 10 heteroatoms. The molecular formula is C17H15N9O. The molecule has 134 valence electrons. The van der Waals surface area contributed by atoms with Gasteiger partial charge in [0.1, 0.15) is 0 Å². The lowest BCUT2D eigenvalue weighted by Crippen LogP contribution is -2.14. The van der Waals surface area contributed by atoms with Gasteiger partial charge in [-0.3, -0.25) is 4.79 Å². The van der Waals surface area contributed by atoms with Crippen LogP contribution in [0.2, 0.25) is 0 Å². The fraction of sp³-hybridized carbons (Fsp3) is 0.235. The summed E-state index contributed by atoms with van der Waals surface area (Å²) in [5, 5.41) is 19.0. The smallest absolute Gasteiger partial charge is 0.295 e. The third-order valence-corrected chi connectivity index (χ3v) is 4.40. The molecule has 1 N–H and O–H groups in total. The molecule has 27 heavy (non-hydrogen) atoms. The summed E-state index contributed by atoms with van der Waals surface area (Å²) < 4.78 is 3.37. The van der Waals surface area contributed by atoms with Gasteiger partial charge in [-0.05, 0) is 48.4 Å². The van der Waals surface area contributed by atoms with Gasteiger partial charge < -0.3 is 5.32 Å². The van der Waals surface area contributed by atoms with E-state index >= 15 is 0 Å². The Morgan fingerprint density at radius 2 is 2.15 bits per heavy atom. The van der Waals surface area contributed by atoms with Crippen LogP contribution in [0, 0.1) is 6.92 Å². The summed E-state index contributed by atoms with van der Waals surface area (Å²) in [4.78, 5) is 20.9. The number of amides is 1. The fourth-order valence-corrected chi connectivity index (χ4v) is 2.87. The highest BCUT2D eigenvalue weighted by molar-refractivity contribution is 6.02. The Balaban J connectivity index is 1.42. The molecule has 1 fully saturated rings. The highest BCUT2D eigenvalue weighted by Gasteiger charge is 2.28. The second-order valence-electron chi connectivity index (χ2n) is 6.45. The fourth-order valence-electron chi connectivity index (χ4n) is 2.87. The maximum absolute atomic E-state index is 12.6. The van der Waals surface area contributed by atoms with Crippen molar-refractivity contribution in [2.45, 2.75) is 25.8 Å². The number of nitrogens with one attached hydrogen (secondary N) is 1. The van der Waals surface area contributed by atoms with E-state index in [1.54, 1.807) is 18.3 Å². The van der Waals surface area contributed by atoms with Gasteiger partial charge in [-0.15, -0.1) is 10.2 Å². The minimum atomic E-state index is -0.404. The first-order chi connectivity index (χ1) is 13.2. The molecule has 3 heterocycles. The Morgan fingerprint density at radius 3 is 2.96 bits per heavy atom. The molecule has 0 spiro atoms. The minimum Gasteiger partial charge on any atom is -0.319 e. The number of fused-ring (bicyclic) bond motifs is 1. The molecule has 4 aromatic rings. The van der Waals surface area contributed by atoms with Crippen molar-refractivity contribution in [3.8, 4) is 11.4 Å². The molecule has 0 saturated heterocycles. The van der Waals surface area contributed by atoms with Gasteiger partial charge in [0, 0.05) is 23.1 Å². The number of hydrogen-bond acceptors (Lipinski definition) is 7. The average Bonchev–Trinajstić information content (AvgIpc) is 3.22. The zero-order chi connectivity index (χ0) is 18.4. The van der Waals surface area contributed by atoms with E-state index in [4.69, 9.17) is 0 Å². The third kappa shape index (κ3) is 2.80. The summed E-state index contributed by atoms with van der Waals surface area (Å²) in [6.07, 6.45) is 3.80. The lowest BCUT2D eigenvalue weighted by Gasteiger charge is -2.06. The van der Waals surface area contributed by atoms with Crippen LogP contribution in [-0.4, -0.2) is 45.7 Å². The van der Waals surface area contributed by atoms with Crippen molar-refractivity contribution in [3.63, 3.8) is 0 Å². The first kappa shape index (κ1) is 15.6. The molecule has 5 rings (SSSR count). The second-order valence-corrected chi connectivity index (χ2v) is 6.45. The molecular weight excluding hydrogens is 346 g/mol. The highest BCUT2D eigenvalue weighted by atomic mass is 16.2. The SMILES string of the molecule is Cc1ccnc2nc(C(=O)Nc3cccc(-c4nnnn4C4CC4)c3)nn12. The quantitative estimate of drug-likeness (QED) is 0.588. The van der Waals surface area contributed by atoms with Crippen molar-refractivity contribution in [1.29, 1.82) is 0 Å². The minimum absolute atomic E-state index is 0.0602. The van der Waals surface area contributed by atoms with Crippen molar-refractivity contribution in [1.82, 2.24) is 39.8 Å². The Kier molecular flexibility index (Phi) is 3.42. The van der Waals surface area contributed by atoms with Crippen LogP contribution in [0.4, 0.5) is 5.69 Å². The first-order valence-electron chi connectivity index (χ1n) is 8.57. The van der Waals surface area contributed by atoms with E-state index < -0.39 is 5.91 Å². The van der Waals surface area contributed by atoms with E-state index in [0.29, 0.717) is 23.3 Å². The molecule has 1 aliphatic carbocycles. The molecule has 10 nitrogen and oxygen atoms in total. The van der Waals surface area contributed by atoms with Crippen molar-refractivity contribution >= 4 is 17.4 Å². The number of carbonyl (C=O) groups excluding carboxylic acids is 1. The van der Waals surface area contributed by atoms with Crippen molar-refractivity contribution in [2.75, 3.05) is 5.32 Å². The van der Waals surface area contributed by atoms with Crippen LogP contribution in [0.5, 0.6) is 0 Å². The van der Waals surface area contributed by atoms with E-state index in [1.807, 2.05) is 29.8 Å². The molecule has 3 aromatic heterocycles. The Bertz CT molecular complexity index is 1160. The van der Waals surface area contributed by atoms with Crippen LogP contribution in [0.1, 0.15) is 35.2 Å². The number of tetrazole rings is 1. The van der Waals surface area contributed by atoms with Crippen LogP contribution in [-0.2, 0) is 0 Å². The predicted molar refractivity (Wildman–Crippen MR) is 95.0 cm³/mol. The van der Waals surface area contributed by atoms with Crippen LogP contribution >= 0.6 is 0 Å². The van der Waals surface area contributed by atoms with Crippen molar-refractivity contribution < 1.29 is 4.79 Å². The van der Waals surface area contributed by atoms with Crippen LogP contribution in [0.15, 0.2) is 36.5 Å². The van der Waals surface area contributed by atoms with Crippen molar-refractivity contribution in [3.05, 3.63) is 48.0 Å². The van der Waals surface area contributed by atoms with Crippen LogP contribution < -0.4 is 5.32 Å². The van der Waals surface area contributed by atoms with Gasteiger partial charge in [0.25, 0.3) is 11.7 Å². The summed E-state index contributed by atoms with van der Waals surface area (Å²) in [6, 6.07) is 9.56. The highest BCUT2D eigenvalue weighted by Crippen LogP contribution is 2.36. The standard InChI is InChI=1S/C17H15N9O/c1-10-7-8-18-17-20-14(22-25(10)17)16(27)19-12-4-2-3-11(9-12)15-21-23-24-26(15)13-5-6-13/h2-4,7-9,13H,5-6H2,1H3,(H,19,27). The van der Waals surface area contributed by atoms with Gasteiger partial charge in [0.05, 0.1) is 6.04 Å². The number of benzene rings is 1. The lowest BCUT2D eigenvalue weighted by molar-refractivity contribution is 0.101. The predicted octanol–water partition coefficient (Wildman–Crippen LogP) is 1.67. The van der Waals surface area contributed by atoms with Gasteiger partial charge >= 0.3 is 0 Å². The van der Waals surface area contributed by atoms with E-state index in [1.165, 1.54) is 4.52 Å². The first-order valence-corrected chi connectivity index (χ1v) is 8.57. The Hall–Kier alpha value is -3.69. The summed E-state index contributed by atoms with van der Waals surface area (Å²) >= 11 is 0. The Labute approximate surface area is 153 Å².